The summed E-state index contributed by atoms with van der Waals surface area (Å²) in [5, 5.41) is 23.0. The number of ether oxygens (including phenoxy) is 1. The molecule has 62 heavy (non-hydrogen) atoms. The molecule has 6 heteroatoms. The van der Waals surface area contributed by atoms with E-state index in [2.05, 4.69) is 55.6 Å². The number of aliphatic hydroxyl groups excluding tert-OH is 2. The molecule has 0 fully saturated rings. The van der Waals surface area contributed by atoms with Crippen LogP contribution in [0.4, 0.5) is 0 Å². The average molecular weight is 870 g/mol. The Balaban J connectivity index is 3.57. The molecule has 0 aromatic heterocycles. The quantitative estimate of drug-likeness (QED) is 0.0322. The van der Waals surface area contributed by atoms with E-state index in [1.54, 1.807) is 6.08 Å². The molecule has 2 atom stereocenters. The molecule has 0 spiro atoms. The van der Waals surface area contributed by atoms with E-state index in [1.165, 1.54) is 167 Å². The van der Waals surface area contributed by atoms with E-state index in [0.717, 1.165) is 77.0 Å². The summed E-state index contributed by atoms with van der Waals surface area (Å²) in [5.41, 5.74) is 0. The third kappa shape index (κ3) is 47.3. The number of nitrogens with one attached hydrogen (secondary N) is 1. The topological polar surface area (TPSA) is 95.9 Å². The second-order valence-corrected chi connectivity index (χ2v) is 18.2. The van der Waals surface area contributed by atoms with Gasteiger partial charge in [0.2, 0.25) is 5.91 Å². The number of allylic oxidation sites excluding steroid dienone is 7. The molecular weight excluding hydrogens is 767 g/mol. The molecule has 0 rings (SSSR count). The van der Waals surface area contributed by atoms with Crippen LogP contribution >= 0.6 is 0 Å². The Morgan fingerprint density at radius 2 is 0.823 bits per heavy atom. The van der Waals surface area contributed by atoms with Crippen molar-refractivity contribution in [3.63, 3.8) is 0 Å². The number of hydrogen-bond donors (Lipinski definition) is 3. The van der Waals surface area contributed by atoms with Crippen LogP contribution in [0.15, 0.2) is 48.6 Å². The number of unbranched alkanes of at least 4 members (excludes halogenated alkanes) is 32. The van der Waals surface area contributed by atoms with Crippen molar-refractivity contribution in [3.8, 4) is 0 Å². The fourth-order valence-electron chi connectivity index (χ4n) is 7.90. The lowest BCUT2D eigenvalue weighted by molar-refractivity contribution is -0.143. The van der Waals surface area contributed by atoms with Crippen molar-refractivity contribution in [1.29, 1.82) is 0 Å². The summed E-state index contributed by atoms with van der Waals surface area (Å²) < 4.78 is 5.45. The first kappa shape index (κ1) is 59.8. The highest BCUT2D eigenvalue weighted by molar-refractivity contribution is 5.76. The van der Waals surface area contributed by atoms with Gasteiger partial charge in [0.1, 0.15) is 0 Å². The van der Waals surface area contributed by atoms with E-state index in [-0.39, 0.29) is 18.5 Å². The van der Waals surface area contributed by atoms with Crippen molar-refractivity contribution in [2.45, 2.75) is 283 Å². The molecule has 1 amide bonds. The third-order valence-electron chi connectivity index (χ3n) is 12.1. The molecule has 6 nitrogen and oxygen atoms in total. The van der Waals surface area contributed by atoms with E-state index >= 15 is 0 Å². The summed E-state index contributed by atoms with van der Waals surface area (Å²) in [6.45, 7) is 4.78. The molecule has 0 aliphatic heterocycles. The number of esters is 1. The zero-order chi connectivity index (χ0) is 45.1. The van der Waals surface area contributed by atoms with Crippen molar-refractivity contribution in [2.75, 3.05) is 13.2 Å². The zero-order valence-electron chi connectivity index (χ0n) is 41.1. The van der Waals surface area contributed by atoms with Gasteiger partial charge in [0.15, 0.2) is 0 Å². The molecule has 0 heterocycles. The van der Waals surface area contributed by atoms with Gasteiger partial charge in [-0.05, 0) is 83.5 Å². The molecular formula is C56H103NO5. The number of rotatable bonds is 49. The van der Waals surface area contributed by atoms with Crippen LogP contribution in [0.25, 0.3) is 0 Å². The van der Waals surface area contributed by atoms with Gasteiger partial charge in [0, 0.05) is 12.8 Å². The predicted molar refractivity (Wildman–Crippen MR) is 269 cm³/mol. The van der Waals surface area contributed by atoms with Gasteiger partial charge in [-0.15, -0.1) is 0 Å². The molecule has 3 N–H and O–H groups in total. The Kier molecular flexibility index (Phi) is 49.6. The molecule has 0 aromatic rings. The lowest BCUT2D eigenvalue weighted by atomic mass is 10.0. The summed E-state index contributed by atoms with van der Waals surface area (Å²) in [7, 11) is 0. The SMILES string of the molecule is CCCCC/C=C\C/C=C\CCCCCCCCCCCC(=O)OCCCCCC/C=C\CCCC(=O)NC(CO)C(O)/C=C/CCCCCCCCCCCCCCCCC. The fraction of sp³-hybridized carbons (Fsp3) is 0.821. The summed E-state index contributed by atoms with van der Waals surface area (Å²) in [4.78, 5) is 24.5. The van der Waals surface area contributed by atoms with E-state index in [0.29, 0.717) is 19.4 Å². The highest BCUT2D eigenvalue weighted by Gasteiger charge is 2.17. The van der Waals surface area contributed by atoms with Gasteiger partial charge in [0.05, 0.1) is 25.4 Å². The Hall–Kier alpha value is -2.18. The van der Waals surface area contributed by atoms with Gasteiger partial charge in [-0.1, -0.05) is 223 Å². The standard InChI is InChI=1S/C56H103NO5/c1-3-5-7-9-11-13-15-17-19-21-22-24-26-28-30-34-38-42-46-50-56(61)62-51-47-43-39-35-31-33-37-41-45-49-55(60)57-53(52-58)54(59)48-44-40-36-32-29-27-25-23-20-18-16-14-12-10-8-6-4-2/h11,13,17,19,33,37,44,48,53-54,58-59H,3-10,12,14-16,18,20-32,34-36,38-43,45-47,49-52H2,1-2H3,(H,57,60)/b13-11-,19-17-,37-33-,48-44+. The van der Waals surface area contributed by atoms with Crippen molar-refractivity contribution in [1.82, 2.24) is 5.32 Å². The maximum absolute atomic E-state index is 12.4. The minimum absolute atomic E-state index is 0.0423. The van der Waals surface area contributed by atoms with Crippen LogP contribution in [-0.2, 0) is 14.3 Å². The molecule has 0 aliphatic rings. The largest absolute Gasteiger partial charge is 0.466 e. The summed E-state index contributed by atoms with van der Waals surface area (Å²) in [5.74, 6) is -0.171. The minimum Gasteiger partial charge on any atom is -0.466 e. The summed E-state index contributed by atoms with van der Waals surface area (Å²) >= 11 is 0. The number of carbonyl (C=O) groups is 2. The molecule has 0 aromatic carbocycles. The van der Waals surface area contributed by atoms with Crippen LogP contribution in [-0.4, -0.2) is 47.4 Å². The maximum Gasteiger partial charge on any atom is 0.305 e. The van der Waals surface area contributed by atoms with Crippen LogP contribution in [0, 0.1) is 0 Å². The first-order chi connectivity index (χ1) is 30.5. The fourth-order valence-corrected chi connectivity index (χ4v) is 7.90. The first-order valence-electron chi connectivity index (χ1n) is 26.9. The lowest BCUT2D eigenvalue weighted by Crippen LogP contribution is -2.45. The summed E-state index contributed by atoms with van der Waals surface area (Å²) in [6.07, 6.45) is 64.1. The predicted octanol–water partition coefficient (Wildman–Crippen LogP) is 16.2. The van der Waals surface area contributed by atoms with Crippen LogP contribution < -0.4 is 5.32 Å². The van der Waals surface area contributed by atoms with Crippen molar-refractivity contribution in [3.05, 3.63) is 48.6 Å². The smallest absolute Gasteiger partial charge is 0.305 e. The molecule has 0 bridgehead atoms. The third-order valence-corrected chi connectivity index (χ3v) is 12.1. The van der Waals surface area contributed by atoms with Gasteiger partial charge in [-0.25, -0.2) is 0 Å². The van der Waals surface area contributed by atoms with Gasteiger partial charge >= 0.3 is 5.97 Å². The van der Waals surface area contributed by atoms with Crippen LogP contribution in [0.5, 0.6) is 0 Å². The number of aliphatic hydroxyl groups is 2. The normalized spacial score (nSPS) is 13.0. The van der Waals surface area contributed by atoms with Crippen LogP contribution in [0.2, 0.25) is 0 Å². The molecule has 0 radical (unpaired) electrons. The Morgan fingerprint density at radius 1 is 0.452 bits per heavy atom. The second kappa shape index (κ2) is 51.5. The average Bonchev–Trinajstić information content (AvgIpc) is 3.27. The minimum atomic E-state index is -0.877. The van der Waals surface area contributed by atoms with E-state index in [9.17, 15) is 19.8 Å². The summed E-state index contributed by atoms with van der Waals surface area (Å²) in [6, 6.07) is -0.667. The molecule has 0 saturated heterocycles. The van der Waals surface area contributed by atoms with E-state index in [1.807, 2.05) is 6.08 Å². The highest BCUT2D eigenvalue weighted by Crippen LogP contribution is 2.15. The van der Waals surface area contributed by atoms with Crippen molar-refractivity contribution < 1.29 is 24.5 Å². The second-order valence-electron chi connectivity index (χ2n) is 18.2. The number of amides is 1. The van der Waals surface area contributed by atoms with Crippen molar-refractivity contribution in [2.24, 2.45) is 0 Å². The zero-order valence-corrected chi connectivity index (χ0v) is 41.1. The molecule has 0 saturated carbocycles. The van der Waals surface area contributed by atoms with Crippen LogP contribution in [0.3, 0.4) is 0 Å². The Bertz CT molecular complexity index is 1050. The van der Waals surface area contributed by atoms with Gasteiger partial charge in [-0.3, -0.25) is 9.59 Å². The number of carbonyl (C=O) groups excluding carboxylic acids is 2. The van der Waals surface area contributed by atoms with E-state index < -0.39 is 12.1 Å². The monoisotopic (exact) mass is 870 g/mol. The molecule has 362 valence electrons. The Morgan fingerprint density at radius 3 is 1.31 bits per heavy atom. The van der Waals surface area contributed by atoms with Gasteiger partial charge < -0.3 is 20.3 Å². The van der Waals surface area contributed by atoms with E-state index in [4.69, 9.17) is 4.74 Å². The molecule has 2 unspecified atom stereocenters. The number of hydrogen-bond acceptors (Lipinski definition) is 5. The first-order valence-corrected chi connectivity index (χ1v) is 26.9. The highest BCUT2D eigenvalue weighted by atomic mass is 16.5. The van der Waals surface area contributed by atoms with Gasteiger partial charge in [-0.2, -0.15) is 0 Å². The van der Waals surface area contributed by atoms with Gasteiger partial charge in [0.25, 0.3) is 0 Å². The molecule has 0 aliphatic carbocycles. The van der Waals surface area contributed by atoms with Crippen LogP contribution in [0.1, 0.15) is 271 Å². The maximum atomic E-state index is 12.4. The van der Waals surface area contributed by atoms with Crippen molar-refractivity contribution >= 4 is 11.9 Å². The Labute approximate surface area is 385 Å². The lowest BCUT2D eigenvalue weighted by Gasteiger charge is -2.19.